The van der Waals surface area contributed by atoms with Crippen molar-refractivity contribution in [2.45, 2.75) is 26.8 Å². The zero-order chi connectivity index (χ0) is 15.8. The van der Waals surface area contributed by atoms with Crippen molar-refractivity contribution in [2.75, 3.05) is 25.0 Å². The lowest BCUT2D eigenvalue weighted by atomic mass is 10.1. The minimum Gasteiger partial charge on any atom is -0.423 e. The maximum absolute atomic E-state index is 5.85. The molecule has 0 unspecified atom stereocenters. The fourth-order valence-corrected chi connectivity index (χ4v) is 4.16. The summed E-state index contributed by atoms with van der Waals surface area (Å²) < 4.78 is 5.85. The molecule has 0 amide bonds. The monoisotopic (exact) mass is 327 g/mol. The zero-order valence-corrected chi connectivity index (χ0v) is 14.4. The van der Waals surface area contributed by atoms with Gasteiger partial charge in [0, 0.05) is 31.1 Å². The van der Waals surface area contributed by atoms with Gasteiger partial charge in [-0.2, -0.15) is 4.98 Å². The van der Waals surface area contributed by atoms with Gasteiger partial charge in [-0.1, -0.05) is 6.07 Å². The number of hydrogen-bond donors (Lipinski definition) is 1. The van der Waals surface area contributed by atoms with E-state index in [1.54, 1.807) is 4.88 Å². The van der Waals surface area contributed by atoms with E-state index in [0.717, 1.165) is 42.8 Å². The third-order valence-electron chi connectivity index (χ3n) is 4.41. The Labute approximate surface area is 140 Å². The van der Waals surface area contributed by atoms with Crippen LogP contribution >= 0.6 is 11.3 Å². The second kappa shape index (κ2) is 5.98. The standard InChI is InChI=1S/C18H21N3OS/c1-12-9-13(2)17-15(10-12)20-18(22-17)19-5-7-21-6-3-16-14(11-21)4-8-23-16/h4,8-10H,3,5-7,11H2,1-2H3,(H,19,20). The maximum atomic E-state index is 5.85. The average molecular weight is 327 g/mol. The summed E-state index contributed by atoms with van der Waals surface area (Å²) in [6, 6.07) is 7.08. The van der Waals surface area contributed by atoms with Crippen LogP contribution < -0.4 is 5.32 Å². The van der Waals surface area contributed by atoms with Crippen LogP contribution in [0.3, 0.4) is 0 Å². The number of rotatable bonds is 4. The Morgan fingerprint density at radius 2 is 2.26 bits per heavy atom. The Hall–Kier alpha value is -1.85. The van der Waals surface area contributed by atoms with E-state index in [0.29, 0.717) is 6.01 Å². The normalized spacial score (nSPS) is 15.0. The van der Waals surface area contributed by atoms with Gasteiger partial charge in [-0.3, -0.25) is 4.90 Å². The van der Waals surface area contributed by atoms with Gasteiger partial charge in [0.15, 0.2) is 5.58 Å². The summed E-state index contributed by atoms with van der Waals surface area (Å²) in [5.74, 6) is 0. The van der Waals surface area contributed by atoms with Gasteiger partial charge in [0.05, 0.1) is 0 Å². The Morgan fingerprint density at radius 1 is 1.35 bits per heavy atom. The summed E-state index contributed by atoms with van der Waals surface area (Å²) in [6.07, 6.45) is 1.17. The molecule has 3 heterocycles. The van der Waals surface area contributed by atoms with Gasteiger partial charge >= 0.3 is 0 Å². The molecule has 2 aromatic heterocycles. The molecule has 0 aliphatic carbocycles. The van der Waals surface area contributed by atoms with Crippen molar-refractivity contribution >= 4 is 28.5 Å². The van der Waals surface area contributed by atoms with Crippen molar-refractivity contribution in [3.63, 3.8) is 0 Å². The van der Waals surface area contributed by atoms with Crippen LogP contribution in [0, 0.1) is 13.8 Å². The van der Waals surface area contributed by atoms with E-state index in [-0.39, 0.29) is 0 Å². The smallest absolute Gasteiger partial charge is 0.295 e. The number of oxazole rings is 1. The molecular formula is C18H21N3OS. The molecule has 1 N–H and O–H groups in total. The molecule has 1 aliphatic rings. The van der Waals surface area contributed by atoms with Crippen LogP contribution in [0.15, 0.2) is 28.0 Å². The van der Waals surface area contributed by atoms with E-state index >= 15 is 0 Å². The minimum absolute atomic E-state index is 0.627. The number of aryl methyl sites for hydroxylation is 2. The molecule has 1 aromatic carbocycles. The van der Waals surface area contributed by atoms with Gasteiger partial charge in [-0.05, 0) is 54.5 Å². The van der Waals surface area contributed by atoms with E-state index in [1.807, 2.05) is 11.3 Å². The summed E-state index contributed by atoms with van der Waals surface area (Å²) in [5.41, 5.74) is 5.68. The van der Waals surface area contributed by atoms with Crippen molar-refractivity contribution < 1.29 is 4.42 Å². The lowest BCUT2D eigenvalue weighted by molar-refractivity contribution is 0.265. The van der Waals surface area contributed by atoms with Crippen LogP contribution in [0.25, 0.3) is 11.1 Å². The third-order valence-corrected chi connectivity index (χ3v) is 5.43. The summed E-state index contributed by atoms with van der Waals surface area (Å²) in [4.78, 5) is 8.59. The largest absolute Gasteiger partial charge is 0.423 e. The van der Waals surface area contributed by atoms with Gasteiger partial charge in [-0.25, -0.2) is 0 Å². The van der Waals surface area contributed by atoms with Gasteiger partial charge in [0.25, 0.3) is 6.01 Å². The number of anilines is 1. The topological polar surface area (TPSA) is 41.3 Å². The first-order chi connectivity index (χ1) is 11.2. The van der Waals surface area contributed by atoms with Crippen LogP contribution in [0.1, 0.15) is 21.6 Å². The summed E-state index contributed by atoms with van der Waals surface area (Å²) in [6.45, 7) is 8.21. The van der Waals surface area contributed by atoms with Crippen molar-refractivity contribution in [2.24, 2.45) is 0 Å². The minimum atomic E-state index is 0.627. The molecule has 4 rings (SSSR count). The molecule has 0 fully saturated rings. The van der Waals surface area contributed by atoms with Crippen molar-refractivity contribution in [1.29, 1.82) is 0 Å². The molecule has 0 atom stereocenters. The quantitative estimate of drug-likeness (QED) is 0.787. The molecular weight excluding hydrogens is 306 g/mol. The fraction of sp³-hybridized carbons (Fsp3) is 0.389. The Kier molecular flexibility index (Phi) is 3.83. The SMILES string of the molecule is Cc1cc(C)c2oc(NCCN3CCc4sccc4C3)nc2c1. The highest BCUT2D eigenvalue weighted by Crippen LogP contribution is 2.25. The maximum Gasteiger partial charge on any atom is 0.295 e. The molecule has 3 aromatic rings. The van der Waals surface area contributed by atoms with Gasteiger partial charge in [0.1, 0.15) is 5.52 Å². The van der Waals surface area contributed by atoms with Crippen molar-refractivity contribution in [1.82, 2.24) is 9.88 Å². The molecule has 120 valence electrons. The van der Waals surface area contributed by atoms with E-state index in [2.05, 4.69) is 52.6 Å². The first-order valence-electron chi connectivity index (χ1n) is 8.08. The molecule has 1 aliphatic heterocycles. The first-order valence-corrected chi connectivity index (χ1v) is 8.96. The number of fused-ring (bicyclic) bond motifs is 2. The van der Waals surface area contributed by atoms with E-state index in [4.69, 9.17) is 4.42 Å². The predicted molar refractivity (Wildman–Crippen MR) is 95.3 cm³/mol. The van der Waals surface area contributed by atoms with Gasteiger partial charge in [-0.15, -0.1) is 11.3 Å². The molecule has 0 spiro atoms. The molecule has 0 radical (unpaired) electrons. The van der Waals surface area contributed by atoms with Crippen LogP contribution in [0.5, 0.6) is 0 Å². The number of aromatic nitrogens is 1. The average Bonchev–Trinajstić information content (AvgIpc) is 3.13. The first kappa shape index (κ1) is 14.7. The molecule has 4 nitrogen and oxygen atoms in total. The van der Waals surface area contributed by atoms with E-state index in [9.17, 15) is 0 Å². The Balaban J connectivity index is 1.37. The lowest BCUT2D eigenvalue weighted by Gasteiger charge is -2.26. The molecule has 0 saturated carbocycles. The predicted octanol–water partition coefficient (Wildman–Crippen LogP) is 3.98. The highest BCUT2D eigenvalue weighted by Gasteiger charge is 2.16. The van der Waals surface area contributed by atoms with Crippen LogP contribution in [-0.4, -0.2) is 29.5 Å². The molecule has 0 saturated heterocycles. The Morgan fingerprint density at radius 3 is 3.17 bits per heavy atom. The number of nitrogens with one attached hydrogen (secondary N) is 1. The van der Waals surface area contributed by atoms with E-state index < -0.39 is 0 Å². The zero-order valence-electron chi connectivity index (χ0n) is 13.6. The van der Waals surface area contributed by atoms with E-state index in [1.165, 1.54) is 17.5 Å². The number of benzene rings is 1. The third kappa shape index (κ3) is 2.99. The van der Waals surface area contributed by atoms with Crippen LogP contribution in [0.4, 0.5) is 6.01 Å². The second-order valence-electron chi connectivity index (χ2n) is 6.27. The Bertz CT molecular complexity index is 836. The summed E-state index contributed by atoms with van der Waals surface area (Å²) >= 11 is 1.89. The van der Waals surface area contributed by atoms with Gasteiger partial charge < -0.3 is 9.73 Å². The highest BCUT2D eigenvalue weighted by atomic mass is 32.1. The number of thiophene rings is 1. The summed E-state index contributed by atoms with van der Waals surface area (Å²) in [7, 11) is 0. The molecule has 0 bridgehead atoms. The van der Waals surface area contributed by atoms with Crippen LogP contribution in [0.2, 0.25) is 0 Å². The lowest BCUT2D eigenvalue weighted by Crippen LogP contribution is -2.33. The number of hydrogen-bond acceptors (Lipinski definition) is 5. The van der Waals surface area contributed by atoms with Crippen molar-refractivity contribution in [3.05, 3.63) is 45.1 Å². The number of nitrogens with zero attached hydrogens (tertiary/aromatic N) is 2. The fourth-order valence-electron chi connectivity index (χ4n) is 3.27. The summed E-state index contributed by atoms with van der Waals surface area (Å²) in [5, 5.41) is 5.53. The molecule has 5 heteroatoms. The second-order valence-corrected chi connectivity index (χ2v) is 7.27. The van der Waals surface area contributed by atoms with Gasteiger partial charge in [0.2, 0.25) is 0 Å². The van der Waals surface area contributed by atoms with Crippen molar-refractivity contribution in [3.8, 4) is 0 Å². The van der Waals surface area contributed by atoms with Crippen LogP contribution in [-0.2, 0) is 13.0 Å². The molecule has 23 heavy (non-hydrogen) atoms. The highest BCUT2D eigenvalue weighted by molar-refractivity contribution is 7.10.